The summed E-state index contributed by atoms with van der Waals surface area (Å²) in [6.45, 7) is 8.90. The molecule has 1 aromatic heterocycles. The van der Waals surface area contributed by atoms with Crippen molar-refractivity contribution in [2.24, 2.45) is 5.41 Å². The maximum Gasteiger partial charge on any atom is 0.405 e. The number of thioether (sulfide) groups is 1. The molecular formula is C50H59N4O12PS. The number of methoxy groups -OCH3 is 2. The summed E-state index contributed by atoms with van der Waals surface area (Å²) in [5, 5.41) is 6.42. The molecule has 2 heterocycles. The van der Waals surface area contributed by atoms with Crippen molar-refractivity contribution in [2.75, 3.05) is 38.5 Å². The Morgan fingerprint density at radius 1 is 0.824 bits per heavy atom. The molecule has 362 valence electrons. The zero-order valence-corrected chi connectivity index (χ0v) is 41.2. The lowest BCUT2D eigenvalue weighted by atomic mass is 9.77. The minimum atomic E-state index is -4.19. The average Bonchev–Trinajstić information content (AvgIpc) is 3.59. The average molecular weight is 971 g/mol. The molecule has 4 aromatic carbocycles. The summed E-state index contributed by atoms with van der Waals surface area (Å²) in [6, 6.07) is 35.5. The van der Waals surface area contributed by atoms with Crippen molar-refractivity contribution in [1.29, 1.82) is 0 Å². The van der Waals surface area contributed by atoms with Crippen LogP contribution < -0.4 is 25.6 Å². The van der Waals surface area contributed by atoms with E-state index in [9.17, 15) is 23.7 Å². The molecule has 0 amide bonds. The van der Waals surface area contributed by atoms with Crippen LogP contribution in [0.4, 0.5) is 5.82 Å². The number of esters is 2. The minimum Gasteiger partial charge on any atom is -0.497 e. The molecule has 0 radical (unpaired) electrons. The molecule has 2 N–H and O–H groups in total. The van der Waals surface area contributed by atoms with E-state index in [1.807, 2.05) is 130 Å². The zero-order chi connectivity index (χ0) is 49.1. The highest BCUT2D eigenvalue weighted by Gasteiger charge is 2.60. The predicted molar refractivity (Wildman–Crippen MR) is 258 cm³/mol. The van der Waals surface area contributed by atoms with Crippen molar-refractivity contribution in [1.82, 2.24) is 14.6 Å². The number of rotatable bonds is 22. The number of nitrogens with one attached hydrogen (secondary N) is 2. The molecule has 18 heteroatoms. The Bertz CT molecular complexity index is 2550. The van der Waals surface area contributed by atoms with Gasteiger partial charge < -0.3 is 29.0 Å². The molecule has 0 bridgehead atoms. The number of aromatic nitrogens is 2. The van der Waals surface area contributed by atoms with Crippen molar-refractivity contribution < 1.29 is 51.7 Å². The van der Waals surface area contributed by atoms with Crippen LogP contribution in [0.1, 0.15) is 76.4 Å². The van der Waals surface area contributed by atoms with E-state index >= 15 is 0 Å². The molecule has 1 fully saturated rings. The summed E-state index contributed by atoms with van der Waals surface area (Å²) in [7, 11) is -1.02. The van der Waals surface area contributed by atoms with Gasteiger partial charge in [-0.05, 0) is 65.9 Å². The van der Waals surface area contributed by atoms with Gasteiger partial charge in [-0.3, -0.25) is 28.0 Å². The first-order valence-corrected chi connectivity index (χ1v) is 24.6. The highest BCUT2D eigenvalue weighted by Crippen LogP contribution is 2.48. The molecule has 1 saturated heterocycles. The van der Waals surface area contributed by atoms with E-state index in [2.05, 4.69) is 15.4 Å². The molecule has 0 saturated carbocycles. The summed E-state index contributed by atoms with van der Waals surface area (Å²) in [5.41, 5.74) is -1.16. The number of carbonyl (C=O) groups excluding carboxylic acids is 3. The molecule has 5 atom stereocenters. The van der Waals surface area contributed by atoms with Gasteiger partial charge in [-0.2, -0.15) is 4.98 Å². The molecule has 1 aliphatic heterocycles. The van der Waals surface area contributed by atoms with Crippen LogP contribution in [0.2, 0.25) is 0 Å². The van der Waals surface area contributed by atoms with Gasteiger partial charge >= 0.3 is 25.4 Å². The van der Waals surface area contributed by atoms with Gasteiger partial charge in [-0.1, -0.05) is 117 Å². The van der Waals surface area contributed by atoms with Crippen LogP contribution in [0, 0.1) is 5.41 Å². The van der Waals surface area contributed by atoms with Crippen molar-refractivity contribution in [3.8, 4) is 11.5 Å². The van der Waals surface area contributed by atoms with E-state index in [0.29, 0.717) is 17.9 Å². The minimum absolute atomic E-state index is 0.0329. The molecule has 1 aliphatic rings. The Balaban J connectivity index is 1.34. The summed E-state index contributed by atoms with van der Waals surface area (Å²) in [4.78, 5) is 57.3. The van der Waals surface area contributed by atoms with Crippen LogP contribution in [0.5, 0.6) is 11.5 Å². The van der Waals surface area contributed by atoms with Gasteiger partial charge in [0.25, 0.3) is 0 Å². The fraction of sp³-hybridized carbons (Fsp3) is 0.380. The fourth-order valence-corrected chi connectivity index (χ4v) is 10.1. The van der Waals surface area contributed by atoms with E-state index in [1.54, 1.807) is 20.3 Å². The van der Waals surface area contributed by atoms with Crippen LogP contribution >= 0.6 is 19.5 Å². The summed E-state index contributed by atoms with van der Waals surface area (Å²) in [6.07, 6.45) is -2.02. The van der Waals surface area contributed by atoms with Crippen LogP contribution in [0.25, 0.3) is 0 Å². The second-order valence-corrected chi connectivity index (χ2v) is 19.8. The van der Waals surface area contributed by atoms with Gasteiger partial charge in [0.2, 0.25) is 0 Å². The van der Waals surface area contributed by atoms with Gasteiger partial charge in [-0.15, -0.1) is 0 Å². The van der Waals surface area contributed by atoms with E-state index in [0.717, 1.165) is 38.6 Å². The molecule has 68 heavy (non-hydrogen) atoms. The standard InChI is InChI=1S/C50H59N4O12PS/c1-9-48(4,5)46(57)68-31-30-62-67(59,51-32-36-16-12-10-13-17-36)63-33-42-44(64-34(2)55)49(6,66-35(3)56)45(65-42)54-29-28-43(52-47(54)58)53-50(37-18-14-11-15-19-37,38-20-24-40(60-7)25-21-38)39-22-26-41(61-8)27-23-39/h10-29,42,44-45H,9,30-33H2,1-8H3,(H,51,59)(H,52,53,58)/t42-,44+,45-,49?,67?/m1/s1. The SMILES string of the molecule is CCC(C)(C)C(=O)SCCOP(=O)(NCc1ccccc1)OC[C@H]1O[C@@H](n2ccc(NC(c3ccccc3)(c3ccc(OC)cc3)c3ccc(OC)cc3)nc2=O)C(C)(OC(C)=O)[C@H]1OC(C)=O. The first-order chi connectivity index (χ1) is 32.5. The van der Waals surface area contributed by atoms with Crippen LogP contribution in [-0.4, -0.2) is 77.6 Å². The van der Waals surface area contributed by atoms with E-state index in [1.165, 1.54) is 27.0 Å². The van der Waals surface area contributed by atoms with E-state index in [-0.39, 0.29) is 29.8 Å². The molecular weight excluding hydrogens is 912 g/mol. The number of hydrogen-bond acceptors (Lipinski definition) is 15. The Morgan fingerprint density at radius 3 is 1.93 bits per heavy atom. The van der Waals surface area contributed by atoms with Gasteiger partial charge in [0, 0.05) is 37.8 Å². The normalized spacial score (nSPS) is 19.1. The van der Waals surface area contributed by atoms with Crippen molar-refractivity contribution in [3.63, 3.8) is 0 Å². The summed E-state index contributed by atoms with van der Waals surface area (Å²) in [5.74, 6) is 0.145. The molecule has 0 aliphatic carbocycles. The van der Waals surface area contributed by atoms with Crippen LogP contribution in [0.3, 0.4) is 0 Å². The second-order valence-electron chi connectivity index (χ2n) is 16.9. The van der Waals surface area contributed by atoms with Crippen molar-refractivity contribution in [2.45, 2.75) is 84.1 Å². The number of benzene rings is 4. The van der Waals surface area contributed by atoms with Crippen LogP contribution in [-0.2, 0) is 54.3 Å². The number of nitrogens with zero attached hydrogens (tertiary/aromatic N) is 2. The number of carbonyl (C=O) groups is 3. The molecule has 5 aromatic rings. The van der Waals surface area contributed by atoms with Gasteiger partial charge in [-0.25, -0.2) is 14.4 Å². The van der Waals surface area contributed by atoms with E-state index in [4.69, 9.17) is 32.7 Å². The lowest BCUT2D eigenvalue weighted by molar-refractivity contribution is -0.185. The molecule has 16 nitrogen and oxygen atoms in total. The van der Waals surface area contributed by atoms with Gasteiger partial charge in [0.15, 0.2) is 23.0 Å². The second kappa shape index (κ2) is 22.5. The van der Waals surface area contributed by atoms with Crippen LogP contribution in [0.15, 0.2) is 126 Å². The van der Waals surface area contributed by atoms with Crippen molar-refractivity contribution in [3.05, 3.63) is 154 Å². The summed E-state index contributed by atoms with van der Waals surface area (Å²) < 4.78 is 56.6. The first kappa shape index (κ1) is 51.6. The highest BCUT2D eigenvalue weighted by atomic mass is 32.2. The number of anilines is 1. The maximum absolute atomic E-state index is 14.5. The predicted octanol–water partition coefficient (Wildman–Crippen LogP) is 8.44. The fourth-order valence-electron chi connectivity index (χ4n) is 7.80. The third-order valence-corrected chi connectivity index (χ3v) is 14.5. The molecule has 0 spiro atoms. The van der Waals surface area contributed by atoms with Crippen molar-refractivity contribution >= 4 is 42.4 Å². The van der Waals surface area contributed by atoms with Gasteiger partial charge in [0.1, 0.15) is 29.0 Å². The first-order valence-electron chi connectivity index (χ1n) is 22.1. The quantitative estimate of drug-likeness (QED) is 0.0290. The highest BCUT2D eigenvalue weighted by molar-refractivity contribution is 8.13. The van der Waals surface area contributed by atoms with E-state index < -0.39 is 67.0 Å². The largest absolute Gasteiger partial charge is 0.497 e. The third kappa shape index (κ3) is 12.1. The topological polar surface area (TPSA) is 192 Å². The Kier molecular flexibility index (Phi) is 17.1. The monoisotopic (exact) mass is 970 g/mol. The zero-order valence-electron chi connectivity index (χ0n) is 39.5. The Labute approximate surface area is 401 Å². The lowest BCUT2D eigenvalue weighted by Gasteiger charge is -2.37. The summed E-state index contributed by atoms with van der Waals surface area (Å²) >= 11 is 1.07. The maximum atomic E-state index is 14.5. The number of ether oxygens (including phenoxy) is 5. The smallest absolute Gasteiger partial charge is 0.405 e. The Hall–Kier alpha value is -5.81. The molecule has 2 unspecified atom stereocenters. The lowest BCUT2D eigenvalue weighted by Crippen LogP contribution is -2.51. The third-order valence-electron chi connectivity index (χ3n) is 11.7. The van der Waals surface area contributed by atoms with Gasteiger partial charge in [0.05, 0.1) is 27.4 Å². The molecule has 6 rings (SSSR count). The number of hydrogen-bond donors (Lipinski definition) is 2. The Morgan fingerprint density at radius 2 is 1.40 bits per heavy atom.